The first kappa shape index (κ1) is 14.0. The van der Waals surface area contributed by atoms with Crippen LogP contribution in [0.4, 0.5) is 17.1 Å². The van der Waals surface area contributed by atoms with Gasteiger partial charge in [0.1, 0.15) is 5.56 Å². The molecule has 0 aliphatic carbocycles. The van der Waals surface area contributed by atoms with Gasteiger partial charge in [-0.1, -0.05) is 13.0 Å². The molecule has 10 heteroatoms. The first-order chi connectivity index (χ1) is 8.73. The van der Waals surface area contributed by atoms with Crippen LogP contribution in [0.1, 0.15) is 12.5 Å². The lowest BCUT2D eigenvalue weighted by molar-refractivity contribution is -0.403. The quantitative estimate of drug-likeness (QED) is 0.450. The van der Waals surface area contributed by atoms with Crippen LogP contribution < -0.4 is 5.11 Å². The molecule has 0 saturated heterocycles. The molecular formula is C9H6N3O7-. The second kappa shape index (κ2) is 5.08. The Labute approximate surface area is 105 Å². The zero-order valence-corrected chi connectivity index (χ0v) is 9.43. The molecule has 1 aromatic carbocycles. The molecular weight excluding hydrogens is 262 g/mol. The lowest BCUT2D eigenvalue weighted by Crippen LogP contribution is -2.03. The molecule has 0 aliphatic rings. The smallest absolute Gasteiger partial charge is 0.290 e. The van der Waals surface area contributed by atoms with Crippen molar-refractivity contribution >= 4 is 23.1 Å². The molecule has 100 valence electrons. The number of hydrogen-bond acceptors (Lipinski definition) is 7. The van der Waals surface area contributed by atoms with E-state index in [2.05, 4.69) is 0 Å². The molecule has 0 aromatic heterocycles. The Morgan fingerprint density at radius 1 is 1.00 bits per heavy atom. The summed E-state index contributed by atoms with van der Waals surface area (Å²) in [5.41, 5.74) is -3.08. The third kappa shape index (κ3) is 3.00. The van der Waals surface area contributed by atoms with E-state index in [9.17, 15) is 35.4 Å². The van der Waals surface area contributed by atoms with Gasteiger partial charge in [-0.25, -0.2) is 0 Å². The fraction of sp³-hybridized carbons (Fsp3) is 0.111. The predicted molar refractivity (Wildman–Crippen MR) is 60.1 cm³/mol. The van der Waals surface area contributed by atoms with E-state index < -0.39 is 43.2 Å². The standard InChI is InChI=1S/C9H7N3O7/c1-5(13)2-7-8(11(16)17)3-6(10(14)15)4-9(7)12(18)19/h2-4,13H,1H3/p-1/b5-2-. The zero-order chi connectivity index (χ0) is 14.7. The lowest BCUT2D eigenvalue weighted by Gasteiger charge is -2.05. The van der Waals surface area contributed by atoms with E-state index in [4.69, 9.17) is 0 Å². The van der Waals surface area contributed by atoms with E-state index >= 15 is 0 Å². The van der Waals surface area contributed by atoms with Crippen LogP contribution in [-0.2, 0) is 0 Å². The van der Waals surface area contributed by atoms with Gasteiger partial charge in [0.25, 0.3) is 17.1 Å². The molecule has 0 fully saturated rings. The molecule has 0 aliphatic heterocycles. The van der Waals surface area contributed by atoms with Gasteiger partial charge in [0.05, 0.1) is 26.9 Å². The summed E-state index contributed by atoms with van der Waals surface area (Å²) < 4.78 is 0. The van der Waals surface area contributed by atoms with E-state index in [0.29, 0.717) is 18.2 Å². The molecule has 19 heavy (non-hydrogen) atoms. The van der Waals surface area contributed by atoms with E-state index in [1.807, 2.05) is 0 Å². The molecule has 0 spiro atoms. The summed E-state index contributed by atoms with van der Waals surface area (Å²) in [6.07, 6.45) is 0.694. The van der Waals surface area contributed by atoms with Crippen LogP contribution in [0.2, 0.25) is 0 Å². The zero-order valence-electron chi connectivity index (χ0n) is 9.43. The molecule has 1 rings (SSSR count). The summed E-state index contributed by atoms with van der Waals surface area (Å²) in [5, 5.41) is 43.1. The Morgan fingerprint density at radius 2 is 1.42 bits per heavy atom. The minimum Gasteiger partial charge on any atom is -0.876 e. The molecule has 0 heterocycles. The summed E-state index contributed by atoms with van der Waals surface area (Å²) >= 11 is 0. The van der Waals surface area contributed by atoms with Crippen LogP contribution in [0, 0.1) is 30.3 Å². The maximum Gasteiger partial charge on any atom is 0.290 e. The van der Waals surface area contributed by atoms with Crippen molar-refractivity contribution in [2.45, 2.75) is 6.92 Å². The van der Waals surface area contributed by atoms with E-state index in [1.165, 1.54) is 0 Å². The molecule has 0 radical (unpaired) electrons. The fourth-order valence-corrected chi connectivity index (χ4v) is 1.37. The Hall–Kier alpha value is -3.04. The van der Waals surface area contributed by atoms with Gasteiger partial charge in [-0.15, -0.1) is 5.76 Å². The fourth-order valence-electron chi connectivity index (χ4n) is 1.37. The van der Waals surface area contributed by atoms with Crippen LogP contribution in [-0.4, -0.2) is 14.8 Å². The highest BCUT2D eigenvalue weighted by atomic mass is 16.6. The maximum absolute atomic E-state index is 10.9. The second-order valence-electron chi connectivity index (χ2n) is 3.42. The average molecular weight is 268 g/mol. The van der Waals surface area contributed by atoms with Crippen molar-refractivity contribution in [2.24, 2.45) is 0 Å². The molecule has 0 unspecified atom stereocenters. The van der Waals surface area contributed by atoms with E-state index in [1.54, 1.807) is 0 Å². The molecule has 0 saturated carbocycles. The Morgan fingerprint density at radius 3 is 1.68 bits per heavy atom. The number of benzene rings is 1. The van der Waals surface area contributed by atoms with Gasteiger partial charge in [-0.05, 0) is 0 Å². The normalized spacial score (nSPS) is 11.1. The third-order valence-electron chi connectivity index (χ3n) is 2.07. The summed E-state index contributed by atoms with van der Waals surface area (Å²) in [4.78, 5) is 29.1. The third-order valence-corrected chi connectivity index (χ3v) is 2.07. The van der Waals surface area contributed by atoms with Gasteiger partial charge in [0.15, 0.2) is 0 Å². The van der Waals surface area contributed by atoms with Crippen molar-refractivity contribution in [3.63, 3.8) is 0 Å². The second-order valence-corrected chi connectivity index (χ2v) is 3.42. The maximum atomic E-state index is 10.9. The number of nitro groups is 3. The summed E-state index contributed by atoms with van der Waals surface area (Å²) in [7, 11) is 0. The minimum atomic E-state index is -1.02. The van der Waals surface area contributed by atoms with Crippen molar-refractivity contribution in [2.75, 3.05) is 0 Å². The van der Waals surface area contributed by atoms with Gasteiger partial charge in [-0.3, -0.25) is 30.3 Å². The van der Waals surface area contributed by atoms with Crippen LogP contribution in [0.25, 0.3) is 6.08 Å². The predicted octanol–water partition coefficient (Wildman–Crippen LogP) is 1.13. The van der Waals surface area contributed by atoms with Gasteiger partial charge in [-0.2, -0.15) is 0 Å². The monoisotopic (exact) mass is 268 g/mol. The SMILES string of the molecule is C/C([O-])=C/c1c([N+](=O)[O-])cc([N+](=O)[O-])cc1[N+](=O)[O-]. The van der Waals surface area contributed by atoms with Gasteiger partial charge < -0.3 is 5.11 Å². The molecule has 0 N–H and O–H groups in total. The summed E-state index contributed by atoms with van der Waals surface area (Å²) in [6.45, 7) is 1.05. The van der Waals surface area contributed by atoms with Crippen LogP contribution in [0.3, 0.4) is 0 Å². The lowest BCUT2D eigenvalue weighted by atomic mass is 10.1. The Balaban J connectivity index is 3.75. The minimum absolute atomic E-state index is 0.562. The number of hydrogen-bond donors (Lipinski definition) is 0. The Kier molecular flexibility index (Phi) is 3.75. The van der Waals surface area contributed by atoms with Crippen molar-refractivity contribution in [1.29, 1.82) is 0 Å². The van der Waals surface area contributed by atoms with Gasteiger partial charge in [0, 0.05) is 0 Å². The highest BCUT2D eigenvalue weighted by Crippen LogP contribution is 2.34. The highest BCUT2D eigenvalue weighted by Gasteiger charge is 2.28. The van der Waals surface area contributed by atoms with Crippen LogP contribution in [0.15, 0.2) is 17.9 Å². The molecule has 1 aromatic rings. The van der Waals surface area contributed by atoms with Crippen molar-refractivity contribution in [3.8, 4) is 0 Å². The number of allylic oxidation sites excluding steroid dienone is 1. The van der Waals surface area contributed by atoms with Gasteiger partial charge in [0.2, 0.25) is 0 Å². The topological polar surface area (TPSA) is 152 Å². The van der Waals surface area contributed by atoms with Crippen molar-refractivity contribution in [3.05, 3.63) is 53.8 Å². The van der Waals surface area contributed by atoms with Crippen LogP contribution >= 0.6 is 0 Å². The highest BCUT2D eigenvalue weighted by molar-refractivity contribution is 5.73. The van der Waals surface area contributed by atoms with E-state index in [-0.39, 0.29) is 0 Å². The molecule has 0 bridgehead atoms. The number of nitro benzene ring substituents is 3. The number of rotatable bonds is 4. The number of non-ortho nitro benzene ring substituents is 1. The molecule has 0 atom stereocenters. The van der Waals surface area contributed by atoms with E-state index in [0.717, 1.165) is 6.92 Å². The molecule has 0 amide bonds. The number of nitrogens with zero attached hydrogens (tertiary/aromatic N) is 3. The van der Waals surface area contributed by atoms with Crippen molar-refractivity contribution < 1.29 is 19.9 Å². The Bertz CT molecular complexity index is 569. The molecule has 10 nitrogen and oxygen atoms in total. The summed E-state index contributed by atoms with van der Waals surface area (Å²) in [6, 6.07) is 1.14. The first-order valence-electron chi connectivity index (χ1n) is 4.70. The average Bonchev–Trinajstić information content (AvgIpc) is 2.27. The van der Waals surface area contributed by atoms with Crippen LogP contribution in [0.5, 0.6) is 0 Å². The first-order valence-corrected chi connectivity index (χ1v) is 4.70. The van der Waals surface area contributed by atoms with Crippen molar-refractivity contribution in [1.82, 2.24) is 0 Å². The van der Waals surface area contributed by atoms with Gasteiger partial charge >= 0.3 is 0 Å². The largest absolute Gasteiger partial charge is 0.876 e. The summed E-state index contributed by atoms with van der Waals surface area (Å²) in [5.74, 6) is -0.653.